The summed E-state index contributed by atoms with van der Waals surface area (Å²) in [6.45, 7) is 6.30. The van der Waals surface area contributed by atoms with Crippen LogP contribution in [-0.4, -0.2) is 5.71 Å². The normalized spacial score (nSPS) is 11.8. The van der Waals surface area contributed by atoms with Crippen LogP contribution in [0, 0.1) is 5.41 Å². The summed E-state index contributed by atoms with van der Waals surface area (Å²) in [6.07, 6.45) is 9.42. The van der Waals surface area contributed by atoms with Gasteiger partial charge >= 0.3 is 0 Å². The van der Waals surface area contributed by atoms with E-state index in [2.05, 4.69) is 19.9 Å². The first-order chi connectivity index (χ1) is 6.22. The molecule has 0 aromatic carbocycles. The van der Waals surface area contributed by atoms with Gasteiger partial charge in [-0.2, -0.15) is 0 Å². The number of allylic oxidation sites excluding steroid dienone is 2. The predicted octanol–water partition coefficient (Wildman–Crippen LogP) is 4.33. The molecule has 0 unspecified atom stereocenters. The van der Waals surface area contributed by atoms with Gasteiger partial charge in [0.05, 0.1) is 0 Å². The van der Waals surface area contributed by atoms with E-state index >= 15 is 0 Å². The second kappa shape index (κ2) is 8.03. The molecule has 0 saturated carbocycles. The lowest BCUT2D eigenvalue weighted by Gasteiger charge is -2.04. The standard InChI is InChI=1S/C12H23N/c1-4-6-8-10-12(11(3)13)9-7-5-2/h10,13H,4-9H2,1-3H3. The quantitative estimate of drug-likeness (QED) is 0.446. The molecule has 0 saturated heterocycles. The van der Waals surface area contributed by atoms with E-state index in [0.717, 1.165) is 18.6 Å². The summed E-state index contributed by atoms with van der Waals surface area (Å²) >= 11 is 0. The van der Waals surface area contributed by atoms with Crippen LogP contribution in [0.5, 0.6) is 0 Å². The smallest absolute Gasteiger partial charge is 0.0311 e. The number of nitrogens with one attached hydrogen (secondary N) is 1. The largest absolute Gasteiger partial charge is 0.305 e. The molecule has 13 heavy (non-hydrogen) atoms. The molecule has 0 atom stereocenters. The number of rotatable bonds is 7. The molecule has 0 bridgehead atoms. The van der Waals surface area contributed by atoms with Crippen LogP contribution in [0.2, 0.25) is 0 Å². The van der Waals surface area contributed by atoms with Gasteiger partial charge in [0, 0.05) is 5.71 Å². The molecule has 0 radical (unpaired) electrons. The Kier molecular flexibility index (Phi) is 7.66. The van der Waals surface area contributed by atoms with Crippen molar-refractivity contribution in [2.75, 3.05) is 0 Å². The third-order valence-corrected chi connectivity index (χ3v) is 2.23. The Morgan fingerprint density at radius 2 is 1.77 bits per heavy atom. The molecular formula is C12H23N. The summed E-state index contributed by atoms with van der Waals surface area (Å²) in [6, 6.07) is 0. The second-order valence-corrected chi connectivity index (χ2v) is 3.60. The Balaban J connectivity index is 3.92. The van der Waals surface area contributed by atoms with Gasteiger partial charge in [-0.05, 0) is 31.8 Å². The summed E-state index contributed by atoms with van der Waals surface area (Å²) in [5.41, 5.74) is 2.01. The molecule has 0 aromatic rings. The van der Waals surface area contributed by atoms with Gasteiger partial charge in [-0.3, -0.25) is 0 Å². The first kappa shape index (κ1) is 12.4. The summed E-state index contributed by atoms with van der Waals surface area (Å²) in [5.74, 6) is 0. The summed E-state index contributed by atoms with van der Waals surface area (Å²) in [5, 5.41) is 7.60. The van der Waals surface area contributed by atoms with E-state index in [0.29, 0.717) is 0 Å². The van der Waals surface area contributed by atoms with E-state index in [4.69, 9.17) is 5.41 Å². The van der Waals surface area contributed by atoms with Crippen molar-refractivity contribution in [1.82, 2.24) is 0 Å². The van der Waals surface area contributed by atoms with Crippen molar-refractivity contribution in [2.24, 2.45) is 0 Å². The van der Waals surface area contributed by atoms with Crippen molar-refractivity contribution in [3.8, 4) is 0 Å². The molecule has 0 heterocycles. The first-order valence-corrected chi connectivity index (χ1v) is 5.46. The molecule has 0 rings (SSSR count). The lowest BCUT2D eigenvalue weighted by molar-refractivity contribution is 0.781. The Morgan fingerprint density at radius 1 is 1.15 bits per heavy atom. The van der Waals surface area contributed by atoms with E-state index in [1.807, 2.05) is 6.92 Å². The maximum Gasteiger partial charge on any atom is 0.0311 e. The maximum atomic E-state index is 7.60. The molecule has 1 N–H and O–H groups in total. The van der Waals surface area contributed by atoms with Crippen LogP contribution in [-0.2, 0) is 0 Å². The SMILES string of the molecule is CCCCC=C(CCCC)C(C)=N. The summed E-state index contributed by atoms with van der Waals surface area (Å²) in [7, 11) is 0. The van der Waals surface area contributed by atoms with E-state index in [9.17, 15) is 0 Å². The van der Waals surface area contributed by atoms with Crippen LogP contribution in [0.15, 0.2) is 11.6 Å². The Bertz CT molecular complexity index is 168. The Labute approximate surface area is 82.7 Å². The monoisotopic (exact) mass is 181 g/mol. The lowest BCUT2D eigenvalue weighted by atomic mass is 10.0. The van der Waals surface area contributed by atoms with Gasteiger partial charge < -0.3 is 5.41 Å². The van der Waals surface area contributed by atoms with Crippen LogP contribution >= 0.6 is 0 Å². The topological polar surface area (TPSA) is 23.9 Å². The Hall–Kier alpha value is -0.590. The van der Waals surface area contributed by atoms with Gasteiger partial charge in [-0.25, -0.2) is 0 Å². The fourth-order valence-electron chi connectivity index (χ4n) is 1.29. The van der Waals surface area contributed by atoms with E-state index in [-0.39, 0.29) is 0 Å². The zero-order chi connectivity index (χ0) is 10.1. The molecule has 0 fully saturated rings. The highest BCUT2D eigenvalue weighted by Crippen LogP contribution is 2.11. The highest BCUT2D eigenvalue weighted by molar-refractivity contribution is 5.95. The summed E-state index contributed by atoms with van der Waals surface area (Å²) in [4.78, 5) is 0. The third kappa shape index (κ3) is 6.56. The van der Waals surface area contributed by atoms with Crippen molar-refractivity contribution in [3.05, 3.63) is 11.6 Å². The van der Waals surface area contributed by atoms with Gasteiger partial charge in [0.25, 0.3) is 0 Å². The lowest BCUT2D eigenvalue weighted by Crippen LogP contribution is -1.95. The molecule has 1 nitrogen and oxygen atoms in total. The Morgan fingerprint density at radius 3 is 2.23 bits per heavy atom. The predicted molar refractivity (Wildman–Crippen MR) is 60.5 cm³/mol. The van der Waals surface area contributed by atoms with Crippen molar-refractivity contribution >= 4 is 5.71 Å². The maximum absolute atomic E-state index is 7.60. The molecule has 0 aromatic heterocycles. The first-order valence-electron chi connectivity index (χ1n) is 5.46. The highest BCUT2D eigenvalue weighted by Gasteiger charge is 1.98. The molecule has 0 aliphatic heterocycles. The van der Waals surface area contributed by atoms with Gasteiger partial charge in [-0.15, -0.1) is 0 Å². The fraction of sp³-hybridized carbons (Fsp3) is 0.750. The number of hydrogen-bond donors (Lipinski definition) is 1. The number of hydrogen-bond acceptors (Lipinski definition) is 1. The minimum absolute atomic E-state index is 0.754. The van der Waals surface area contributed by atoms with Crippen LogP contribution in [0.1, 0.15) is 59.3 Å². The van der Waals surface area contributed by atoms with Gasteiger partial charge in [0.1, 0.15) is 0 Å². The minimum Gasteiger partial charge on any atom is -0.305 e. The molecular weight excluding hydrogens is 158 g/mol. The summed E-state index contributed by atoms with van der Waals surface area (Å²) < 4.78 is 0. The van der Waals surface area contributed by atoms with Crippen molar-refractivity contribution < 1.29 is 0 Å². The number of unbranched alkanes of at least 4 members (excludes halogenated alkanes) is 3. The van der Waals surface area contributed by atoms with Crippen molar-refractivity contribution in [3.63, 3.8) is 0 Å². The van der Waals surface area contributed by atoms with E-state index in [1.165, 1.54) is 31.3 Å². The average Bonchev–Trinajstić information content (AvgIpc) is 2.10. The van der Waals surface area contributed by atoms with Crippen LogP contribution in [0.4, 0.5) is 0 Å². The van der Waals surface area contributed by atoms with E-state index < -0.39 is 0 Å². The minimum atomic E-state index is 0.754. The zero-order valence-corrected chi connectivity index (χ0v) is 9.32. The molecule has 76 valence electrons. The third-order valence-electron chi connectivity index (χ3n) is 2.23. The zero-order valence-electron chi connectivity index (χ0n) is 9.32. The van der Waals surface area contributed by atoms with E-state index in [1.54, 1.807) is 0 Å². The molecule has 0 aliphatic carbocycles. The highest BCUT2D eigenvalue weighted by atomic mass is 14.4. The van der Waals surface area contributed by atoms with Gasteiger partial charge in [0.15, 0.2) is 0 Å². The molecule has 0 amide bonds. The van der Waals surface area contributed by atoms with Crippen molar-refractivity contribution in [2.45, 2.75) is 59.3 Å². The fourth-order valence-corrected chi connectivity index (χ4v) is 1.29. The average molecular weight is 181 g/mol. The molecule has 0 aliphatic rings. The van der Waals surface area contributed by atoms with Crippen molar-refractivity contribution in [1.29, 1.82) is 5.41 Å². The van der Waals surface area contributed by atoms with Crippen LogP contribution < -0.4 is 0 Å². The van der Waals surface area contributed by atoms with Crippen LogP contribution in [0.3, 0.4) is 0 Å². The van der Waals surface area contributed by atoms with Gasteiger partial charge in [-0.1, -0.05) is 39.2 Å². The second-order valence-electron chi connectivity index (χ2n) is 3.60. The van der Waals surface area contributed by atoms with Gasteiger partial charge in [0.2, 0.25) is 0 Å². The molecule has 0 spiro atoms. The molecule has 1 heteroatoms. The van der Waals surface area contributed by atoms with Crippen LogP contribution in [0.25, 0.3) is 0 Å².